The van der Waals surface area contributed by atoms with E-state index in [0.717, 1.165) is 18.4 Å². The van der Waals surface area contributed by atoms with Crippen molar-refractivity contribution in [3.05, 3.63) is 59.1 Å². The first-order chi connectivity index (χ1) is 15.3. The Balaban J connectivity index is 1.39. The highest BCUT2D eigenvalue weighted by molar-refractivity contribution is 7.89. The van der Waals surface area contributed by atoms with Crippen LogP contribution in [-0.4, -0.2) is 62.4 Å². The molecule has 0 spiro atoms. The van der Waals surface area contributed by atoms with Gasteiger partial charge in [0, 0.05) is 35.9 Å². The molecule has 1 amide bonds. The van der Waals surface area contributed by atoms with E-state index in [1.165, 1.54) is 16.4 Å². The maximum Gasteiger partial charge on any atom is 0.243 e. The largest absolute Gasteiger partial charge is 0.379 e. The molecule has 0 unspecified atom stereocenters. The Labute approximate surface area is 194 Å². The molecule has 2 aliphatic rings. The van der Waals surface area contributed by atoms with Crippen LogP contribution in [-0.2, 0) is 19.6 Å². The summed E-state index contributed by atoms with van der Waals surface area (Å²) in [5, 5.41) is 3.59. The van der Waals surface area contributed by atoms with Gasteiger partial charge in [0.2, 0.25) is 15.9 Å². The molecule has 0 aromatic heterocycles. The molecule has 1 aliphatic heterocycles. The molecule has 172 valence electrons. The van der Waals surface area contributed by atoms with Gasteiger partial charge in [0.1, 0.15) is 0 Å². The highest BCUT2D eigenvalue weighted by Gasteiger charge is 2.34. The Morgan fingerprint density at radius 1 is 1.12 bits per heavy atom. The number of ether oxygens (including phenoxy) is 1. The van der Waals surface area contributed by atoms with Gasteiger partial charge in [-0.3, -0.25) is 9.69 Å². The fourth-order valence-corrected chi connectivity index (χ4v) is 5.47. The normalized spacial score (nSPS) is 18.5. The van der Waals surface area contributed by atoms with Crippen molar-refractivity contribution in [2.24, 2.45) is 0 Å². The summed E-state index contributed by atoms with van der Waals surface area (Å²) in [4.78, 5) is 15.2. The smallest absolute Gasteiger partial charge is 0.243 e. The van der Waals surface area contributed by atoms with Crippen molar-refractivity contribution in [1.29, 1.82) is 0 Å². The molecule has 9 heteroatoms. The standard InChI is InChI=1S/C23H28ClN3O4S/c1-17(18-2-4-19(24)5-3-18)27(21-8-9-21)16-23(28)25-20-6-10-22(11-7-20)32(29,30)26-12-14-31-15-13-26/h2-7,10-11,17,21H,8-9,12-16H2,1H3,(H,25,28)/t17-/m0/s1. The minimum atomic E-state index is -3.55. The van der Waals surface area contributed by atoms with Gasteiger partial charge in [-0.2, -0.15) is 4.31 Å². The maximum atomic E-state index is 12.8. The number of rotatable bonds is 8. The van der Waals surface area contributed by atoms with Crippen LogP contribution in [0.3, 0.4) is 0 Å². The maximum absolute atomic E-state index is 12.8. The first-order valence-corrected chi connectivity index (χ1v) is 12.7. The Morgan fingerprint density at radius 3 is 2.34 bits per heavy atom. The number of halogens is 1. The monoisotopic (exact) mass is 477 g/mol. The van der Waals surface area contributed by atoms with Gasteiger partial charge < -0.3 is 10.1 Å². The average Bonchev–Trinajstić information content (AvgIpc) is 3.64. The summed E-state index contributed by atoms with van der Waals surface area (Å²) in [7, 11) is -3.55. The van der Waals surface area contributed by atoms with Gasteiger partial charge in [-0.25, -0.2) is 8.42 Å². The van der Waals surface area contributed by atoms with Crippen molar-refractivity contribution in [2.75, 3.05) is 38.2 Å². The predicted molar refractivity (Wildman–Crippen MR) is 124 cm³/mol. The Bertz CT molecular complexity index is 1030. The van der Waals surface area contributed by atoms with E-state index in [1.54, 1.807) is 12.1 Å². The highest BCUT2D eigenvalue weighted by atomic mass is 35.5. The molecule has 1 atom stereocenters. The van der Waals surface area contributed by atoms with E-state index in [4.69, 9.17) is 16.3 Å². The van der Waals surface area contributed by atoms with Crippen molar-refractivity contribution >= 4 is 33.2 Å². The molecule has 2 aromatic rings. The summed E-state index contributed by atoms with van der Waals surface area (Å²) in [6.07, 6.45) is 2.17. The molecule has 2 aromatic carbocycles. The fourth-order valence-electron chi connectivity index (χ4n) is 3.93. The second kappa shape index (κ2) is 9.89. The number of nitrogens with zero attached hydrogens (tertiary/aromatic N) is 2. The predicted octanol–water partition coefficient (Wildman–Crippen LogP) is 3.53. The van der Waals surface area contributed by atoms with E-state index in [2.05, 4.69) is 17.1 Å². The van der Waals surface area contributed by atoms with Crippen LogP contribution >= 0.6 is 11.6 Å². The third-order valence-electron chi connectivity index (χ3n) is 5.94. The summed E-state index contributed by atoms with van der Waals surface area (Å²) in [6, 6.07) is 14.5. The summed E-state index contributed by atoms with van der Waals surface area (Å²) < 4.78 is 32.2. The lowest BCUT2D eigenvalue weighted by atomic mass is 10.1. The van der Waals surface area contributed by atoms with E-state index in [-0.39, 0.29) is 23.4 Å². The topological polar surface area (TPSA) is 79.0 Å². The van der Waals surface area contributed by atoms with Crippen molar-refractivity contribution in [1.82, 2.24) is 9.21 Å². The lowest BCUT2D eigenvalue weighted by molar-refractivity contribution is -0.118. The zero-order valence-electron chi connectivity index (χ0n) is 18.0. The first-order valence-electron chi connectivity index (χ1n) is 10.8. The van der Waals surface area contributed by atoms with Crippen LogP contribution in [0.1, 0.15) is 31.4 Å². The third-order valence-corrected chi connectivity index (χ3v) is 8.10. The third kappa shape index (κ3) is 5.50. The quantitative estimate of drug-likeness (QED) is 0.629. The van der Waals surface area contributed by atoms with E-state index in [0.29, 0.717) is 43.1 Å². The molecule has 2 fully saturated rings. The van der Waals surface area contributed by atoms with Crippen LogP contribution < -0.4 is 5.32 Å². The molecular weight excluding hydrogens is 450 g/mol. The van der Waals surface area contributed by atoms with Crippen molar-refractivity contribution in [3.8, 4) is 0 Å². The van der Waals surface area contributed by atoms with Gasteiger partial charge in [-0.15, -0.1) is 0 Å². The van der Waals surface area contributed by atoms with Crippen LogP contribution in [0.25, 0.3) is 0 Å². The molecule has 1 saturated heterocycles. The fraction of sp³-hybridized carbons (Fsp3) is 0.435. The van der Waals surface area contributed by atoms with Gasteiger partial charge in [-0.1, -0.05) is 23.7 Å². The van der Waals surface area contributed by atoms with Crippen molar-refractivity contribution in [2.45, 2.75) is 36.7 Å². The molecule has 7 nitrogen and oxygen atoms in total. The van der Waals surface area contributed by atoms with Gasteiger partial charge in [0.15, 0.2) is 0 Å². The van der Waals surface area contributed by atoms with Gasteiger partial charge in [0.25, 0.3) is 0 Å². The first kappa shape index (κ1) is 23.2. The summed E-state index contributed by atoms with van der Waals surface area (Å²) in [5.41, 5.74) is 1.69. The van der Waals surface area contributed by atoms with Crippen molar-refractivity contribution < 1.29 is 17.9 Å². The van der Waals surface area contributed by atoms with E-state index in [9.17, 15) is 13.2 Å². The number of morpholine rings is 1. The molecule has 1 saturated carbocycles. The number of amides is 1. The second-order valence-electron chi connectivity index (χ2n) is 8.22. The molecule has 0 radical (unpaired) electrons. The van der Waals surface area contributed by atoms with Crippen LogP contribution in [0.4, 0.5) is 5.69 Å². The average molecular weight is 478 g/mol. The van der Waals surface area contributed by atoms with Crippen LogP contribution in [0.15, 0.2) is 53.4 Å². The molecule has 32 heavy (non-hydrogen) atoms. The Kier molecular flexibility index (Phi) is 7.17. The number of carbonyl (C=O) groups excluding carboxylic acids is 1. The molecule has 1 heterocycles. The van der Waals surface area contributed by atoms with Gasteiger partial charge >= 0.3 is 0 Å². The minimum Gasteiger partial charge on any atom is -0.379 e. The Hall–Kier alpha value is -1.97. The summed E-state index contributed by atoms with van der Waals surface area (Å²) >= 11 is 6.01. The van der Waals surface area contributed by atoms with Crippen LogP contribution in [0.5, 0.6) is 0 Å². The lowest BCUT2D eigenvalue weighted by Gasteiger charge is -2.29. The number of nitrogens with one attached hydrogen (secondary N) is 1. The molecule has 4 rings (SSSR count). The molecule has 1 aliphatic carbocycles. The van der Waals surface area contributed by atoms with Crippen LogP contribution in [0, 0.1) is 0 Å². The minimum absolute atomic E-state index is 0.0894. The number of hydrogen-bond acceptors (Lipinski definition) is 5. The van der Waals surface area contributed by atoms with Gasteiger partial charge in [-0.05, 0) is 61.7 Å². The highest BCUT2D eigenvalue weighted by Crippen LogP contribution is 2.34. The second-order valence-corrected chi connectivity index (χ2v) is 10.6. The molecular formula is C23H28ClN3O4S. The van der Waals surface area contributed by atoms with Crippen LogP contribution in [0.2, 0.25) is 5.02 Å². The molecule has 0 bridgehead atoms. The number of carbonyl (C=O) groups is 1. The number of anilines is 1. The van der Waals surface area contributed by atoms with E-state index in [1.807, 2.05) is 24.3 Å². The lowest BCUT2D eigenvalue weighted by Crippen LogP contribution is -2.40. The SMILES string of the molecule is C[C@@H](c1ccc(Cl)cc1)N(CC(=O)Nc1ccc(S(=O)(=O)N2CCOCC2)cc1)C1CC1. The number of hydrogen-bond donors (Lipinski definition) is 1. The van der Waals surface area contributed by atoms with Gasteiger partial charge in [0.05, 0.1) is 24.7 Å². The van der Waals surface area contributed by atoms with E-state index >= 15 is 0 Å². The van der Waals surface area contributed by atoms with Crippen molar-refractivity contribution in [3.63, 3.8) is 0 Å². The Morgan fingerprint density at radius 2 is 1.75 bits per heavy atom. The number of benzene rings is 2. The molecule has 1 N–H and O–H groups in total. The summed E-state index contributed by atoms with van der Waals surface area (Å²) in [6.45, 7) is 3.87. The number of sulfonamides is 1. The van der Waals surface area contributed by atoms with E-state index < -0.39 is 10.0 Å². The zero-order valence-corrected chi connectivity index (χ0v) is 19.6. The zero-order chi connectivity index (χ0) is 22.7. The summed E-state index contributed by atoms with van der Waals surface area (Å²) in [5.74, 6) is -0.124.